The molecule has 3 nitrogen and oxygen atoms in total. The van der Waals surface area contributed by atoms with Crippen molar-refractivity contribution >= 4 is 5.97 Å². The number of aliphatic carboxylic acids is 1. The molecule has 6 heteroatoms. The predicted molar refractivity (Wildman–Crippen MR) is 36.1 cm³/mol. The van der Waals surface area contributed by atoms with Gasteiger partial charge in [-0.3, -0.25) is 4.79 Å². The summed E-state index contributed by atoms with van der Waals surface area (Å²) in [5.41, 5.74) is 0. The Kier molecular flexibility index (Phi) is 2.51. The maximum atomic E-state index is 12.2. The van der Waals surface area contributed by atoms with E-state index in [4.69, 9.17) is 5.11 Å². The van der Waals surface area contributed by atoms with E-state index in [0.717, 1.165) is 0 Å². The van der Waals surface area contributed by atoms with Gasteiger partial charge < -0.3 is 9.84 Å². The number of rotatable bonds is 1. The summed E-state index contributed by atoms with van der Waals surface area (Å²) < 4.78 is 41.0. The van der Waals surface area contributed by atoms with Crippen LogP contribution in [0.15, 0.2) is 0 Å². The second-order valence-electron chi connectivity index (χ2n) is 3.09. The van der Waals surface area contributed by atoms with Crippen molar-refractivity contribution in [3.63, 3.8) is 0 Å². The number of hydrogen-bond donors (Lipinski definition) is 1. The molecule has 1 aliphatic heterocycles. The summed E-state index contributed by atoms with van der Waals surface area (Å²) in [7, 11) is 0. The zero-order chi connectivity index (χ0) is 10.2. The van der Waals surface area contributed by atoms with Gasteiger partial charge in [0, 0.05) is 0 Å². The third-order valence-corrected chi connectivity index (χ3v) is 1.97. The van der Waals surface area contributed by atoms with Crippen molar-refractivity contribution in [2.75, 3.05) is 0 Å². The lowest BCUT2D eigenvalue weighted by atomic mass is 10.00. The van der Waals surface area contributed by atoms with Crippen molar-refractivity contribution in [2.24, 2.45) is 5.92 Å². The number of ether oxygens (including phenoxy) is 1. The van der Waals surface area contributed by atoms with E-state index in [0.29, 0.717) is 0 Å². The van der Waals surface area contributed by atoms with E-state index in [1.807, 2.05) is 0 Å². The van der Waals surface area contributed by atoms with E-state index < -0.39 is 30.3 Å². The molecule has 0 spiro atoms. The Morgan fingerprint density at radius 1 is 1.54 bits per heavy atom. The van der Waals surface area contributed by atoms with Crippen LogP contribution in [0.2, 0.25) is 0 Å². The number of carboxylic acid groups (broad SMARTS) is 1. The van der Waals surface area contributed by atoms with Crippen molar-refractivity contribution in [3.05, 3.63) is 0 Å². The van der Waals surface area contributed by atoms with E-state index in [2.05, 4.69) is 4.74 Å². The molecule has 0 aromatic carbocycles. The maximum Gasteiger partial charge on any atom is 0.415 e. The second kappa shape index (κ2) is 3.17. The SMILES string of the molecule is C[C@@H]1C[C@@H](C(=O)O)[C@@H](C(F)(F)F)O1. The molecule has 3 atom stereocenters. The molecular formula is C7H9F3O3. The van der Waals surface area contributed by atoms with Gasteiger partial charge in [-0.1, -0.05) is 0 Å². The van der Waals surface area contributed by atoms with E-state index in [-0.39, 0.29) is 6.42 Å². The van der Waals surface area contributed by atoms with Crippen molar-refractivity contribution in [1.29, 1.82) is 0 Å². The van der Waals surface area contributed by atoms with E-state index in [1.165, 1.54) is 6.92 Å². The number of carbonyl (C=O) groups is 1. The highest BCUT2D eigenvalue weighted by molar-refractivity contribution is 5.71. The number of alkyl halides is 3. The molecule has 1 rings (SSSR count). The van der Waals surface area contributed by atoms with Gasteiger partial charge in [-0.15, -0.1) is 0 Å². The lowest BCUT2D eigenvalue weighted by Gasteiger charge is -2.18. The predicted octanol–water partition coefficient (Wildman–Crippen LogP) is 1.43. The monoisotopic (exact) mass is 198 g/mol. The zero-order valence-electron chi connectivity index (χ0n) is 6.84. The Labute approximate surface area is 72.5 Å². The van der Waals surface area contributed by atoms with Crippen LogP contribution in [-0.2, 0) is 9.53 Å². The Bertz CT molecular complexity index is 214. The van der Waals surface area contributed by atoms with Crippen molar-refractivity contribution in [1.82, 2.24) is 0 Å². The topological polar surface area (TPSA) is 46.5 Å². The van der Waals surface area contributed by atoms with Crippen LogP contribution in [-0.4, -0.2) is 29.5 Å². The van der Waals surface area contributed by atoms with Crippen LogP contribution in [0.5, 0.6) is 0 Å². The van der Waals surface area contributed by atoms with Crippen molar-refractivity contribution in [2.45, 2.75) is 31.7 Å². The lowest BCUT2D eigenvalue weighted by Crippen LogP contribution is -2.37. The van der Waals surface area contributed by atoms with E-state index in [9.17, 15) is 18.0 Å². The minimum atomic E-state index is -4.59. The number of hydrogen-bond acceptors (Lipinski definition) is 2. The van der Waals surface area contributed by atoms with Gasteiger partial charge in [0.25, 0.3) is 0 Å². The first-order valence-corrected chi connectivity index (χ1v) is 3.77. The molecule has 0 saturated carbocycles. The second-order valence-corrected chi connectivity index (χ2v) is 3.09. The first-order valence-electron chi connectivity index (χ1n) is 3.77. The van der Waals surface area contributed by atoms with Gasteiger partial charge in [0.2, 0.25) is 0 Å². The van der Waals surface area contributed by atoms with Crippen LogP contribution in [0.1, 0.15) is 13.3 Å². The van der Waals surface area contributed by atoms with Gasteiger partial charge >= 0.3 is 12.1 Å². The summed E-state index contributed by atoms with van der Waals surface area (Å²) in [4.78, 5) is 10.4. The highest BCUT2D eigenvalue weighted by Crippen LogP contribution is 2.37. The number of halogens is 3. The summed E-state index contributed by atoms with van der Waals surface area (Å²) in [6.45, 7) is 1.43. The van der Waals surface area contributed by atoms with Gasteiger partial charge in [-0.05, 0) is 13.3 Å². The van der Waals surface area contributed by atoms with E-state index in [1.54, 1.807) is 0 Å². The summed E-state index contributed by atoms with van der Waals surface area (Å²) in [5, 5.41) is 8.48. The lowest BCUT2D eigenvalue weighted by molar-refractivity contribution is -0.225. The molecule has 0 bridgehead atoms. The molecule has 13 heavy (non-hydrogen) atoms. The Balaban J connectivity index is 2.78. The fraction of sp³-hybridized carbons (Fsp3) is 0.857. The fourth-order valence-corrected chi connectivity index (χ4v) is 1.42. The fourth-order valence-electron chi connectivity index (χ4n) is 1.42. The van der Waals surface area contributed by atoms with Crippen LogP contribution in [0, 0.1) is 5.92 Å². The molecule has 1 saturated heterocycles. The van der Waals surface area contributed by atoms with Crippen LogP contribution >= 0.6 is 0 Å². The standard InChI is InChI=1S/C7H9F3O3/c1-3-2-4(6(11)12)5(13-3)7(8,9)10/h3-5H,2H2,1H3,(H,11,12)/t3-,4-,5+/m1/s1. The van der Waals surface area contributed by atoms with E-state index >= 15 is 0 Å². The number of carboxylic acids is 1. The molecule has 0 unspecified atom stereocenters. The molecule has 0 amide bonds. The molecule has 0 aliphatic carbocycles. The Morgan fingerprint density at radius 2 is 2.08 bits per heavy atom. The third kappa shape index (κ3) is 2.12. The molecular weight excluding hydrogens is 189 g/mol. The minimum Gasteiger partial charge on any atom is -0.481 e. The Morgan fingerprint density at radius 3 is 2.38 bits per heavy atom. The molecule has 0 radical (unpaired) electrons. The van der Waals surface area contributed by atoms with Crippen molar-refractivity contribution < 1.29 is 27.8 Å². The summed E-state index contributed by atoms with van der Waals surface area (Å²) in [6, 6.07) is 0. The van der Waals surface area contributed by atoms with Crippen LogP contribution in [0.25, 0.3) is 0 Å². The quantitative estimate of drug-likeness (QED) is 0.693. The van der Waals surface area contributed by atoms with Crippen LogP contribution < -0.4 is 0 Å². The van der Waals surface area contributed by atoms with Gasteiger partial charge in [-0.25, -0.2) is 0 Å². The first-order chi connectivity index (χ1) is 5.82. The average Bonchev–Trinajstić information content (AvgIpc) is 2.29. The molecule has 1 fully saturated rings. The smallest absolute Gasteiger partial charge is 0.415 e. The molecule has 1 heterocycles. The third-order valence-electron chi connectivity index (χ3n) is 1.97. The summed E-state index contributed by atoms with van der Waals surface area (Å²) >= 11 is 0. The van der Waals surface area contributed by atoms with Gasteiger partial charge in [-0.2, -0.15) is 13.2 Å². The average molecular weight is 198 g/mol. The van der Waals surface area contributed by atoms with Gasteiger partial charge in [0.05, 0.1) is 12.0 Å². The summed E-state index contributed by atoms with van der Waals surface area (Å²) in [5.74, 6) is -2.92. The molecule has 1 N–H and O–H groups in total. The zero-order valence-corrected chi connectivity index (χ0v) is 6.84. The molecule has 0 aromatic heterocycles. The van der Waals surface area contributed by atoms with Gasteiger partial charge in [0.1, 0.15) is 0 Å². The normalized spacial score (nSPS) is 34.9. The Hall–Kier alpha value is -0.780. The highest BCUT2D eigenvalue weighted by Gasteiger charge is 2.53. The van der Waals surface area contributed by atoms with Crippen LogP contribution in [0.3, 0.4) is 0 Å². The summed E-state index contributed by atoms with van der Waals surface area (Å²) in [6.07, 6.45) is -7.47. The molecule has 1 aliphatic rings. The maximum absolute atomic E-state index is 12.2. The largest absolute Gasteiger partial charge is 0.481 e. The molecule has 76 valence electrons. The first kappa shape index (κ1) is 10.3. The highest BCUT2D eigenvalue weighted by atomic mass is 19.4. The van der Waals surface area contributed by atoms with Gasteiger partial charge in [0.15, 0.2) is 6.10 Å². The molecule has 0 aromatic rings. The van der Waals surface area contributed by atoms with Crippen LogP contribution in [0.4, 0.5) is 13.2 Å². The minimum absolute atomic E-state index is 0.0838. The van der Waals surface area contributed by atoms with Crippen molar-refractivity contribution in [3.8, 4) is 0 Å².